The van der Waals surface area contributed by atoms with Gasteiger partial charge in [0.25, 0.3) is 0 Å². The summed E-state index contributed by atoms with van der Waals surface area (Å²) < 4.78 is 18.8. The van der Waals surface area contributed by atoms with Gasteiger partial charge in [-0.1, -0.05) is 12.1 Å². The van der Waals surface area contributed by atoms with Gasteiger partial charge in [0.1, 0.15) is 17.6 Å². The van der Waals surface area contributed by atoms with E-state index in [2.05, 4.69) is 35.3 Å². The molecular formula is C22H26FN3O2. The molecule has 1 unspecified atom stereocenters. The van der Waals surface area contributed by atoms with Crippen molar-refractivity contribution in [1.82, 2.24) is 4.90 Å². The van der Waals surface area contributed by atoms with E-state index in [1.54, 1.807) is 13.2 Å². The highest BCUT2D eigenvalue weighted by Crippen LogP contribution is 2.30. The lowest BCUT2D eigenvalue weighted by atomic mass is 9.96. The number of piperazine rings is 1. The Bertz CT molecular complexity index is 878. The first-order chi connectivity index (χ1) is 13.5. The molecular weight excluding hydrogens is 357 g/mol. The summed E-state index contributed by atoms with van der Waals surface area (Å²) in [6.07, 6.45) is 1.74. The number of amides is 1. The van der Waals surface area contributed by atoms with Gasteiger partial charge in [0.2, 0.25) is 5.91 Å². The minimum atomic E-state index is -0.312. The van der Waals surface area contributed by atoms with Gasteiger partial charge in [0.15, 0.2) is 0 Å². The van der Waals surface area contributed by atoms with Crippen molar-refractivity contribution in [2.24, 2.45) is 0 Å². The predicted octanol–water partition coefficient (Wildman–Crippen LogP) is 3.22. The van der Waals surface area contributed by atoms with Crippen LogP contribution in [-0.4, -0.2) is 50.1 Å². The second kappa shape index (κ2) is 7.70. The fourth-order valence-corrected chi connectivity index (χ4v) is 4.09. The first kappa shape index (κ1) is 18.6. The molecule has 2 aromatic carbocycles. The number of anilines is 2. The summed E-state index contributed by atoms with van der Waals surface area (Å²) in [6.45, 7) is 4.78. The number of benzene rings is 2. The molecule has 1 saturated heterocycles. The van der Waals surface area contributed by atoms with Crippen molar-refractivity contribution in [2.75, 3.05) is 43.5 Å². The van der Waals surface area contributed by atoms with Gasteiger partial charge in [0.05, 0.1) is 12.8 Å². The van der Waals surface area contributed by atoms with Crippen LogP contribution in [0.25, 0.3) is 0 Å². The van der Waals surface area contributed by atoms with Crippen LogP contribution in [0.2, 0.25) is 0 Å². The first-order valence-electron chi connectivity index (χ1n) is 9.78. The van der Waals surface area contributed by atoms with Crippen LogP contribution in [0.5, 0.6) is 5.75 Å². The van der Waals surface area contributed by atoms with Gasteiger partial charge < -0.3 is 19.9 Å². The summed E-state index contributed by atoms with van der Waals surface area (Å²) in [7, 11) is 1.55. The number of ether oxygens (including phenoxy) is 1. The lowest BCUT2D eigenvalue weighted by molar-refractivity contribution is -0.132. The maximum absolute atomic E-state index is 13.4. The second-order valence-electron chi connectivity index (χ2n) is 7.52. The summed E-state index contributed by atoms with van der Waals surface area (Å²) >= 11 is 0. The largest absolute Gasteiger partial charge is 0.494 e. The molecule has 0 radical (unpaired) electrons. The molecule has 5 nitrogen and oxygen atoms in total. The van der Waals surface area contributed by atoms with Gasteiger partial charge in [-0.05, 0) is 49.1 Å². The molecule has 2 aliphatic rings. The predicted molar refractivity (Wildman–Crippen MR) is 109 cm³/mol. The van der Waals surface area contributed by atoms with Crippen LogP contribution in [0.4, 0.5) is 15.8 Å². The molecule has 1 atom stereocenters. The topological polar surface area (TPSA) is 44.8 Å². The van der Waals surface area contributed by atoms with E-state index in [1.165, 1.54) is 23.3 Å². The third kappa shape index (κ3) is 3.63. The van der Waals surface area contributed by atoms with Crippen LogP contribution in [0.15, 0.2) is 36.4 Å². The van der Waals surface area contributed by atoms with Gasteiger partial charge in [-0.2, -0.15) is 0 Å². The Kier molecular flexibility index (Phi) is 5.11. The van der Waals surface area contributed by atoms with Crippen LogP contribution in [-0.2, 0) is 11.2 Å². The smallest absolute Gasteiger partial charge is 0.245 e. The van der Waals surface area contributed by atoms with E-state index in [9.17, 15) is 9.18 Å². The zero-order valence-corrected chi connectivity index (χ0v) is 16.4. The average Bonchev–Trinajstić information content (AvgIpc) is 2.72. The number of nitrogens with one attached hydrogen (secondary N) is 1. The number of hydrogen-bond donors (Lipinski definition) is 1. The maximum Gasteiger partial charge on any atom is 0.245 e. The van der Waals surface area contributed by atoms with E-state index in [-0.39, 0.29) is 17.8 Å². The molecule has 0 aromatic heterocycles. The van der Waals surface area contributed by atoms with E-state index in [0.29, 0.717) is 31.9 Å². The van der Waals surface area contributed by atoms with E-state index >= 15 is 0 Å². The minimum Gasteiger partial charge on any atom is -0.494 e. The molecule has 1 amide bonds. The average molecular weight is 383 g/mol. The number of rotatable bonds is 3. The zero-order valence-electron chi connectivity index (χ0n) is 16.4. The van der Waals surface area contributed by atoms with Gasteiger partial charge in [-0.3, -0.25) is 4.79 Å². The molecule has 0 aliphatic carbocycles. The van der Waals surface area contributed by atoms with Gasteiger partial charge >= 0.3 is 0 Å². The van der Waals surface area contributed by atoms with E-state index in [4.69, 9.17) is 4.74 Å². The number of hydrogen-bond acceptors (Lipinski definition) is 4. The number of aryl methyl sites for hydroxylation is 2. The standard InChI is InChI=1S/C22H26FN3O2/c1-15-3-4-16-5-7-18(24-19(16)13-15)22(27)26-11-9-25(10-12-26)20-8-6-17(23)14-21(20)28-2/h3-4,6,8,13-14,18,24H,5,7,9-12H2,1-2H3. The Hall–Kier alpha value is -2.76. The van der Waals surface area contributed by atoms with Crippen LogP contribution < -0.4 is 15.0 Å². The number of carbonyl (C=O) groups is 1. The molecule has 6 heteroatoms. The van der Waals surface area contributed by atoms with Gasteiger partial charge in [-0.25, -0.2) is 4.39 Å². The molecule has 4 rings (SSSR count). The van der Waals surface area contributed by atoms with Crippen molar-refractivity contribution >= 4 is 17.3 Å². The Labute approximate surface area is 165 Å². The fourth-order valence-electron chi connectivity index (χ4n) is 4.09. The van der Waals surface area contributed by atoms with E-state index < -0.39 is 0 Å². The Morgan fingerprint density at radius 3 is 2.68 bits per heavy atom. The van der Waals surface area contributed by atoms with Crippen LogP contribution in [0.1, 0.15) is 17.5 Å². The maximum atomic E-state index is 13.4. The monoisotopic (exact) mass is 383 g/mol. The number of methoxy groups -OCH3 is 1. The quantitative estimate of drug-likeness (QED) is 0.884. The summed E-state index contributed by atoms with van der Waals surface area (Å²) in [5, 5.41) is 3.44. The van der Waals surface area contributed by atoms with Crippen molar-refractivity contribution in [2.45, 2.75) is 25.8 Å². The van der Waals surface area contributed by atoms with Crippen molar-refractivity contribution in [1.29, 1.82) is 0 Å². The SMILES string of the molecule is COc1cc(F)ccc1N1CCN(C(=O)C2CCc3ccc(C)cc3N2)CC1. The minimum absolute atomic E-state index is 0.165. The third-order valence-electron chi connectivity index (χ3n) is 5.67. The molecule has 2 aliphatic heterocycles. The van der Waals surface area contributed by atoms with Crippen molar-refractivity contribution in [3.8, 4) is 5.75 Å². The molecule has 0 bridgehead atoms. The van der Waals surface area contributed by atoms with Crippen LogP contribution in [0.3, 0.4) is 0 Å². The highest BCUT2D eigenvalue weighted by atomic mass is 19.1. The molecule has 28 heavy (non-hydrogen) atoms. The molecule has 1 fully saturated rings. The number of fused-ring (bicyclic) bond motifs is 1. The lowest BCUT2D eigenvalue weighted by Gasteiger charge is -2.39. The van der Waals surface area contributed by atoms with E-state index in [1.807, 2.05) is 4.90 Å². The summed E-state index contributed by atoms with van der Waals surface area (Å²) in [6, 6.07) is 10.8. The molecule has 0 spiro atoms. The number of halogens is 1. The molecule has 148 valence electrons. The molecule has 2 heterocycles. The highest BCUT2D eigenvalue weighted by molar-refractivity contribution is 5.86. The van der Waals surface area contributed by atoms with Crippen molar-refractivity contribution < 1.29 is 13.9 Å². The van der Waals surface area contributed by atoms with E-state index in [0.717, 1.165) is 24.2 Å². The highest BCUT2D eigenvalue weighted by Gasteiger charge is 2.30. The van der Waals surface area contributed by atoms with Crippen molar-refractivity contribution in [3.05, 3.63) is 53.3 Å². The normalized spacial score (nSPS) is 19.0. The summed E-state index contributed by atoms with van der Waals surface area (Å²) in [4.78, 5) is 17.1. The summed E-state index contributed by atoms with van der Waals surface area (Å²) in [5.74, 6) is 0.381. The Morgan fingerprint density at radius 2 is 1.93 bits per heavy atom. The fraction of sp³-hybridized carbons (Fsp3) is 0.409. The zero-order chi connectivity index (χ0) is 19.7. The third-order valence-corrected chi connectivity index (χ3v) is 5.67. The van der Waals surface area contributed by atoms with Crippen molar-refractivity contribution in [3.63, 3.8) is 0 Å². The molecule has 0 saturated carbocycles. The number of nitrogens with zero attached hydrogens (tertiary/aromatic N) is 2. The Balaban J connectivity index is 1.39. The first-order valence-corrected chi connectivity index (χ1v) is 9.78. The lowest BCUT2D eigenvalue weighted by Crippen LogP contribution is -2.53. The van der Waals surface area contributed by atoms with Gasteiger partial charge in [0, 0.05) is 37.9 Å². The number of carbonyl (C=O) groups excluding carboxylic acids is 1. The molecule has 2 aromatic rings. The summed E-state index contributed by atoms with van der Waals surface area (Å²) in [5.41, 5.74) is 4.43. The van der Waals surface area contributed by atoms with Gasteiger partial charge in [-0.15, -0.1) is 0 Å². The Morgan fingerprint density at radius 1 is 1.14 bits per heavy atom. The van der Waals surface area contributed by atoms with Crippen LogP contribution >= 0.6 is 0 Å². The van der Waals surface area contributed by atoms with Crippen LogP contribution in [0, 0.1) is 12.7 Å². The molecule has 1 N–H and O–H groups in total. The second-order valence-corrected chi connectivity index (χ2v) is 7.52.